The number of nitrogens with zero attached hydrogens (tertiary/aromatic N) is 1. The van der Waals surface area contributed by atoms with Gasteiger partial charge in [-0.2, -0.15) is 0 Å². The predicted molar refractivity (Wildman–Crippen MR) is 87.1 cm³/mol. The number of piperidine rings is 1. The lowest BCUT2D eigenvalue weighted by Crippen LogP contribution is -2.58. The minimum atomic E-state index is 0.177. The summed E-state index contributed by atoms with van der Waals surface area (Å²) in [6, 6.07) is 0. The number of hydrogen-bond donors (Lipinski definition) is 2. The van der Waals surface area contributed by atoms with Crippen molar-refractivity contribution in [3.8, 4) is 0 Å². The first-order valence-electron chi connectivity index (χ1n) is 8.88. The van der Waals surface area contributed by atoms with Crippen molar-refractivity contribution >= 4 is 5.91 Å². The van der Waals surface area contributed by atoms with Gasteiger partial charge in [0.2, 0.25) is 5.91 Å². The molecular formula is C17H33N3O. The third kappa shape index (κ3) is 4.68. The fraction of sp³-hybridized carbons (Fsp3) is 0.941. The standard InChI is InChI=1S/C17H33N3O/c1-15-7-12-20(13-8-15)17(9-3-2-4-10-17)14-19-16(21)6-5-11-18/h15H,2-14,18H2,1H3,(H,19,21). The molecule has 0 spiro atoms. The van der Waals surface area contributed by atoms with Crippen LogP contribution in [0.5, 0.6) is 0 Å². The highest BCUT2D eigenvalue weighted by molar-refractivity contribution is 5.75. The molecule has 2 aliphatic rings. The Hall–Kier alpha value is -0.610. The molecule has 0 atom stereocenters. The highest BCUT2D eigenvalue weighted by Crippen LogP contribution is 2.35. The van der Waals surface area contributed by atoms with E-state index in [1.807, 2.05) is 0 Å². The molecule has 0 aromatic heterocycles. The van der Waals surface area contributed by atoms with E-state index in [0.717, 1.165) is 18.9 Å². The van der Waals surface area contributed by atoms with E-state index in [2.05, 4.69) is 17.1 Å². The van der Waals surface area contributed by atoms with E-state index in [9.17, 15) is 4.79 Å². The number of likely N-dealkylation sites (tertiary alicyclic amines) is 1. The van der Waals surface area contributed by atoms with E-state index in [-0.39, 0.29) is 11.4 Å². The fourth-order valence-corrected chi connectivity index (χ4v) is 3.91. The maximum atomic E-state index is 11.9. The summed E-state index contributed by atoms with van der Waals surface area (Å²) in [5, 5.41) is 3.20. The van der Waals surface area contributed by atoms with Crippen molar-refractivity contribution < 1.29 is 4.79 Å². The number of carbonyl (C=O) groups excluding carboxylic acids is 1. The number of nitrogens with two attached hydrogens (primary N) is 1. The third-order valence-electron chi connectivity index (χ3n) is 5.46. The van der Waals surface area contributed by atoms with E-state index >= 15 is 0 Å². The van der Waals surface area contributed by atoms with Gasteiger partial charge in [-0.25, -0.2) is 0 Å². The van der Waals surface area contributed by atoms with Crippen molar-refractivity contribution in [2.24, 2.45) is 11.7 Å². The summed E-state index contributed by atoms with van der Waals surface area (Å²) in [5.41, 5.74) is 5.72. The van der Waals surface area contributed by atoms with Crippen molar-refractivity contribution in [1.29, 1.82) is 0 Å². The molecule has 1 aliphatic carbocycles. The van der Waals surface area contributed by atoms with Crippen LogP contribution in [0.25, 0.3) is 0 Å². The van der Waals surface area contributed by atoms with Crippen LogP contribution in [0.4, 0.5) is 0 Å². The molecule has 122 valence electrons. The lowest BCUT2D eigenvalue weighted by Gasteiger charge is -2.49. The smallest absolute Gasteiger partial charge is 0.220 e. The molecule has 1 saturated carbocycles. The molecule has 0 aromatic carbocycles. The van der Waals surface area contributed by atoms with Crippen LogP contribution in [0.3, 0.4) is 0 Å². The van der Waals surface area contributed by atoms with Crippen molar-refractivity contribution in [2.75, 3.05) is 26.2 Å². The Morgan fingerprint density at radius 2 is 1.90 bits per heavy atom. The van der Waals surface area contributed by atoms with Gasteiger partial charge in [0.25, 0.3) is 0 Å². The van der Waals surface area contributed by atoms with Crippen LogP contribution in [0.15, 0.2) is 0 Å². The van der Waals surface area contributed by atoms with Gasteiger partial charge in [-0.15, -0.1) is 0 Å². The van der Waals surface area contributed by atoms with Gasteiger partial charge < -0.3 is 11.1 Å². The average molecular weight is 295 g/mol. The minimum absolute atomic E-state index is 0.177. The maximum absolute atomic E-state index is 11.9. The molecule has 3 N–H and O–H groups in total. The lowest BCUT2D eigenvalue weighted by molar-refractivity contribution is -0.122. The van der Waals surface area contributed by atoms with Crippen molar-refractivity contribution in [2.45, 2.75) is 70.3 Å². The Balaban J connectivity index is 1.91. The SMILES string of the molecule is CC1CCN(C2(CNC(=O)CCCN)CCCCC2)CC1. The van der Waals surface area contributed by atoms with Crippen LogP contribution < -0.4 is 11.1 Å². The number of hydrogen-bond acceptors (Lipinski definition) is 3. The zero-order chi connectivity index (χ0) is 15.1. The lowest BCUT2D eigenvalue weighted by atomic mass is 9.78. The first-order chi connectivity index (χ1) is 10.2. The molecule has 1 heterocycles. The summed E-state index contributed by atoms with van der Waals surface area (Å²) >= 11 is 0. The second kappa shape index (κ2) is 8.14. The Morgan fingerprint density at radius 3 is 2.52 bits per heavy atom. The van der Waals surface area contributed by atoms with Gasteiger partial charge in [0, 0.05) is 18.5 Å². The average Bonchev–Trinajstić information content (AvgIpc) is 2.52. The third-order valence-corrected chi connectivity index (χ3v) is 5.46. The van der Waals surface area contributed by atoms with Crippen LogP contribution in [-0.2, 0) is 4.79 Å². The van der Waals surface area contributed by atoms with Crippen LogP contribution >= 0.6 is 0 Å². The quantitative estimate of drug-likeness (QED) is 0.790. The molecule has 4 heteroatoms. The Bertz CT molecular complexity index is 318. The summed E-state index contributed by atoms with van der Waals surface area (Å²) in [7, 11) is 0. The Morgan fingerprint density at radius 1 is 1.24 bits per heavy atom. The van der Waals surface area contributed by atoms with Crippen molar-refractivity contribution in [3.05, 3.63) is 0 Å². The number of nitrogens with one attached hydrogen (secondary N) is 1. The summed E-state index contributed by atoms with van der Waals surface area (Å²) in [5.74, 6) is 1.04. The molecule has 0 radical (unpaired) electrons. The maximum Gasteiger partial charge on any atom is 0.220 e. The van der Waals surface area contributed by atoms with E-state index in [1.54, 1.807) is 0 Å². The van der Waals surface area contributed by atoms with Crippen LogP contribution in [0, 0.1) is 5.92 Å². The zero-order valence-electron chi connectivity index (χ0n) is 13.7. The highest BCUT2D eigenvalue weighted by atomic mass is 16.1. The molecule has 1 amide bonds. The van der Waals surface area contributed by atoms with Gasteiger partial charge in [0.15, 0.2) is 0 Å². The molecule has 1 aliphatic heterocycles. The fourth-order valence-electron chi connectivity index (χ4n) is 3.91. The van der Waals surface area contributed by atoms with E-state index < -0.39 is 0 Å². The summed E-state index contributed by atoms with van der Waals surface area (Å²) in [6.45, 7) is 6.21. The van der Waals surface area contributed by atoms with Gasteiger partial charge in [-0.3, -0.25) is 9.69 Å². The van der Waals surface area contributed by atoms with Gasteiger partial charge in [0.1, 0.15) is 0 Å². The number of rotatable bonds is 6. The Labute approximate surface area is 129 Å². The molecule has 2 rings (SSSR count). The van der Waals surface area contributed by atoms with Gasteiger partial charge in [0.05, 0.1) is 0 Å². The molecule has 4 nitrogen and oxygen atoms in total. The number of amides is 1. The molecule has 2 fully saturated rings. The summed E-state index contributed by atoms with van der Waals surface area (Å²) in [4.78, 5) is 14.6. The van der Waals surface area contributed by atoms with E-state index in [1.165, 1.54) is 58.0 Å². The molecular weight excluding hydrogens is 262 g/mol. The normalized spacial score (nSPS) is 23.9. The van der Waals surface area contributed by atoms with Crippen LogP contribution in [-0.4, -0.2) is 42.5 Å². The number of carbonyl (C=O) groups is 1. The van der Waals surface area contributed by atoms with Gasteiger partial charge in [-0.05, 0) is 57.7 Å². The van der Waals surface area contributed by atoms with Crippen molar-refractivity contribution in [1.82, 2.24) is 10.2 Å². The van der Waals surface area contributed by atoms with E-state index in [0.29, 0.717) is 13.0 Å². The minimum Gasteiger partial charge on any atom is -0.354 e. The second-order valence-corrected chi connectivity index (χ2v) is 7.12. The summed E-state index contributed by atoms with van der Waals surface area (Å²) < 4.78 is 0. The molecule has 0 aromatic rings. The van der Waals surface area contributed by atoms with E-state index in [4.69, 9.17) is 5.73 Å². The van der Waals surface area contributed by atoms with Gasteiger partial charge >= 0.3 is 0 Å². The van der Waals surface area contributed by atoms with Crippen molar-refractivity contribution in [3.63, 3.8) is 0 Å². The predicted octanol–water partition coefficient (Wildman–Crippen LogP) is 2.28. The molecule has 21 heavy (non-hydrogen) atoms. The molecule has 0 bridgehead atoms. The summed E-state index contributed by atoms with van der Waals surface area (Å²) in [6.07, 6.45) is 10.5. The Kier molecular flexibility index (Phi) is 6.49. The largest absolute Gasteiger partial charge is 0.354 e. The monoisotopic (exact) mass is 295 g/mol. The first kappa shape index (κ1) is 16.8. The zero-order valence-corrected chi connectivity index (χ0v) is 13.7. The molecule has 0 unspecified atom stereocenters. The first-order valence-corrected chi connectivity index (χ1v) is 8.88. The molecule has 1 saturated heterocycles. The van der Waals surface area contributed by atoms with Crippen LogP contribution in [0.2, 0.25) is 0 Å². The highest BCUT2D eigenvalue weighted by Gasteiger charge is 2.39. The second-order valence-electron chi connectivity index (χ2n) is 7.12. The van der Waals surface area contributed by atoms with Gasteiger partial charge in [-0.1, -0.05) is 26.2 Å². The topological polar surface area (TPSA) is 58.4 Å². The van der Waals surface area contributed by atoms with Crippen LogP contribution in [0.1, 0.15) is 64.7 Å².